The molecule has 0 spiro atoms. The second-order valence-corrected chi connectivity index (χ2v) is 10.7. The second-order valence-electron chi connectivity index (χ2n) is 10.7. The van der Waals surface area contributed by atoms with Crippen LogP contribution < -0.4 is 25.6 Å². The molecule has 43 heavy (non-hydrogen) atoms. The summed E-state index contributed by atoms with van der Waals surface area (Å²) >= 11 is 0. The predicted octanol–water partition coefficient (Wildman–Crippen LogP) is 4.11. The summed E-state index contributed by atoms with van der Waals surface area (Å²) in [5, 5.41) is 15.8. The molecule has 3 aromatic carbocycles. The van der Waals surface area contributed by atoms with E-state index >= 15 is 0 Å². The van der Waals surface area contributed by atoms with E-state index in [9.17, 15) is 14.7 Å². The van der Waals surface area contributed by atoms with Crippen LogP contribution >= 0.6 is 0 Å². The standard InChI is InChI=1S/C32H40BN2O8/c1-31(2,38)32(3,4)43-33-26-16-11-17-27(39-20-18-34-29(36)41-22-24-12-7-5-8-13-24)28(26)40-21-19-35-30(37)42-23-25-14-9-6-10-15-25/h5-17,38H,18-23H2,1-4H3,(H,34,36)(H,35,37). The Morgan fingerprint density at radius 3 is 1.74 bits per heavy atom. The molecule has 2 amide bonds. The first-order chi connectivity index (χ1) is 20.5. The molecule has 3 rings (SSSR count). The van der Waals surface area contributed by atoms with Gasteiger partial charge in [-0.05, 0) is 50.4 Å². The summed E-state index contributed by atoms with van der Waals surface area (Å²) in [4.78, 5) is 24.2. The van der Waals surface area contributed by atoms with Gasteiger partial charge in [0.05, 0.1) is 24.3 Å². The maximum absolute atomic E-state index is 12.1. The van der Waals surface area contributed by atoms with Gasteiger partial charge < -0.3 is 39.3 Å². The largest absolute Gasteiger partial charge is 0.488 e. The Morgan fingerprint density at radius 1 is 0.721 bits per heavy atom. The van der Waals surface area contributed by atoms with Crippen LogP contribution in [-0.2, 0) is 27.3 Å². The van der Waals surface area contributed by atoms with E-state index in [-0.39, 0.29) is 39.5 Å². The first-order valence-corrected chi connectivity index (χ1v) is 14.1. The number of rotatable bonds is 16. The third-order valence-corrected chi connectivity index (χ3v) is 6.64. The number of benzene rings is 3. The minimum Gasteiger partial charge on any atom is -0.488 e. The SMILES string of the molecule is CC(C)(O)C(C)(C)O[B]c1cccc(OCCNC(=O)OCc2ccccc2)c1OCCNC(=O)OCc1ccccc1. The highest BCUT2D eigenvalue weighted by atomic mass is 16.6. The van der Waals surface area contributed by atoms with Crippen LogP contribution in [0.3, 0.4) is 0 Å². The van der Waals surface area contributed by atoms with Crippen LogP contribution in [0, 0.1) is 0 Å². The van der Waals surface area contributed by atoms with E-state index in [1.165, 1.54) is 7.48 Å². The van der Waals surface area contributed by atoms with Crippen molar-refractivity contribution in [1.29, 1.82) is 0 Å². The van der Waals surface area contributed by atoms with Crippen molar-refractivity contribution in [2.75, 3.05) is 26.3 Å². The maximum Gasteiger partial charge on any atom is 0.407 e. The van der Waals surface area contributed by atoms with Crippen molar-refractivity contribution >= 4 is 25.1 Å². The van der Waals surface area contributed by atoms with E-state index in [2.05, 4.69) is 10.6 Å². The lowest BCUT2D eigenvalue weighted by molar-refractivity contribution is -0.0893. The molecule has 0 aliphatic heterocycles. The summed E-state index contributed by atoms with van der Waals surface area (Å²) in [5.41, 5.74) is 0.307. The molecule has 10 nitrogen and oxygen atoms in total. The summed E-state index contributed by atoms with van der Waals surface area (Å²) in [5.74, 6) is 0.782. The van der Waals surface area contributed by atoms with Crippen LogP contribution in [0.5, 0.6) is 11.5 Å². The van der Waals surface area contributed by atoms with Crippen LogP contribution in [0.4, 0.5) is 9.59 Å². The molecule has 0 heterocycles. The number of alkyl carbamates (subject to hydrolysis) is 2. The van der Waals surface area contributed by atoms with E-state index in [1.54, 1.807) is 45.9 Å². The quantitative estimate of drug-likeness (QED) is 0.168. The van der Waals surface area contributed by atoms with Crippen molar-refractivity contribution in [3.63, 3.8) is 0 Å². The van der Waals surface area contributed by atoms with E-state index in [4.69, 9.17) is 23.6 Å². The molecule has 0 atom stereocenters. The van der Waals surface area contributed by atoms with Gasteiger partial charge in [0.2, 0.25) is 0 Å². The molecular formula is C32H40BN2O8. The highest BCUT2D eigenvalue weighted by Crippen LogP contribution is 2.27. The Kier molecular flexibility index (Phi) is 12.7. The number of carbonyl (C=O) groups excluding carboxylic acids is 2. The first-order valence-electron chi connectivity index (χ1n) is 14.1. The second kappa shape index (κ2) is 16.4. The fraction of sp³-hybridized carbons (Fsp3) is 0.375. The molecule has 0 aliphatic carbocycles. The Balaban J connectivity index is 1.54. The molecule has 229 valence electrons. The molecule has 11 heteroatoms. The average Bonchev–Trinajstić information content (AvgIpc) is 2.99. The van der Waals surface area contributed by atoms with Crippen molar-refractivity contribution in [1.82, 2.24) is 10.6 Å². The van der Waals surface area contributed by atoms with Crippen molar-refractivity contribution in [3.8, 4) is 11.5 Å². The number of nitrogens with one attached hydrogen (secondary N) is 2. The number of hydrogen-bond donors (Lipinski definition) is 3. The van der Waals surface area contributed by atoms with E-state index in [0.29, 0.717) is 17.0 Å². The molecule has 0 unspecified atom stereocenters. The smallest absolute Gasteiger partial charge is 0.407 e. The average molecular weight is 591 g/mol. The van der Waals surface area contributed by atoms with E-state index in [0.717, 1.165) is 11.1 Å². The van der Waals surface area contributed by atoms with Gasteiger partial charge in [-0.1, -0.05) is 72.8 Å². The van der Waals surface area contributed by atoms with Gasteiger partial charge in [0.1, 0.15) is 26.4 Å². The zero-order chi connectivity index (χ0) is 31.1. The van der Waals surface area contributed by atoms with Gasteiger partial charge >= 0.3 is 19.7 Å². The Morgan fingerprint density at radius 2 is 1.23 bits per heavy atom. The summed E-state index contributed by atoms with van der Waals surface area (Å²) in [6, 6.07) is 24.0. The predicted molar refractivity (Wildman–Crippen MR) is 164 cm³/mol. The first kappa shape index (κ1) is 33.3. The molecule has 0 aromatic heterocycles. The van der Waals surface area contributed by atoms with Gasteiger partial charge in [-0.25, -0.2) is 9.59 Å². The highest BCUT2D eigenvalue weighted by molar-refractivity contribution is 6.48. The maximum atomic E-state index is 12.1. The Hall–Kier alpha value is -4.22. The van der Waals surface area contributed by atoms with E-state index < -0.39 is 23.4 Å². The molecular weight excluding hydrogens is 551 g/mol. The molecule has 0 saturated carbocycles. The van der Waals surface area contributed by atoms with Gasteiger partial charge in [0.15, 0.2) is 11.5 Å². The van der Waals surface area contributed by atoms with Gasteiger partial charge in [-0.2, -0.15) is 0 Å². The minimum absolute atomic E-state index is 0.112. The van der Waals surface area contributed by atoms with Gasteiger partial charge in [0.25, 0.3) is 0 Å². The van der Waals surface area contributed by atoms with Crippen LogP contribution in [0.25, 0.3) is 0 Å². The molecule has 0 saturated heterocycles. The highest BCUT2D eigenvalue weighted by Gasteiger charge is 2.36. The summed E-state index contributed by atoms with van der Waals surface area (Å²) in [6.45, 7) is 7.82. The lowest BCUT2D eigenvalue weighted by atomic mass is 9.82. The summed E-state index contributed by atoms with van der Waals surface area (Å²) in [7, 11) is 1.50. The zero-order valence-electron chi connectivity index (χ0n) is 25.1. The Labute approximate surface area is 253 Å². The number of carbonyl (C=O) groups is 2. The summed E-state index contributed by atoms with van der Waals surface area (Å²) in [6.07, 6.45) is -1.12. The van der Waals surface area contributed by atoms with Crippen molar-refractivity contribution < 1.29 is 38.3 Å². The molecule has 0 fully saturated rings. The Bertz CT molecular complexity index is 1280. The third-order valence-electron chi connectivity index (χ3n) is 6.64. The fourth-order valence-electron chi connectivity index (χ4n) is 3.42. The number of amides is 2. The van der Waals surface area contributed by atoms with Gasteiger partial charge in [-0.3, -0.25) is 0 Å². The van der Waals surface area contributed by atoms with Crippen LogP contribution in [0.1, 0.15) is 38.8 Å². The normalized spacial score (nSPS) is 11.3. The van der Waals surface area contributed by atoms with Crippen molar-refractivity contribution in [2.24, 2.45) is 0 Å². The fourth-order valence-corrected chi connectivity index (χ4v) is 3.42. The molecule has 1 radical (unpaired) electrons. The molecule has 0 aliphatic rings. The number of hydrogen-bond acceptors (Lipinski definition) is 8. The van der Waals surface area contributed by atoms with Crippen LogP contribution in [0.2, 0.25) is 0 Å². The summed E-state index contributed by atoms with van der Waals surface area (Å²) < 4.78 is 28.3. The number of para-hydroxylation sites is 1. The molecule has 3 aromatic rings. The topological polar surface area (TPSA) is 125 Å². The minimum atomic E-state index is -1.12. The van der Waals surface area contributed by atoms with Gasteiger partial charge in [0, 0.05) is 0 Å². The van der Waals surface area contributed by atoms with E-state index in [1.807, 2.05) is 60.7 Å². The third kappa shape index (κ3) is 11.5. The zero-order valence-corrected chi connectivity index (χ0v) is 25.1. The molecule has 3 N–H and O–H groups in total. The van der Waals surface area contributed by atoms with Crippen molar-refractivity contribution in [2.45, 2.75) is 52.1 Å². The number of aliphatic hydroxyl groups is 1. The van der Waals surface area contributed by atoms with Crippen molar-refractivity contribution in [3.05, 3.63) is 90.0 Å². The van der Waals surface area contributed by atoms with Crippen LogP contribution in [0.15, 0.2) is 78.9 Å². The monoisotopic (exact) mass is 591 g/mol. The number of ether oxygens (including phenoxy) is 4. The molecule has 0 bridgehead atoms. The van der Waals surface area contributed by atoms with Crippen LogP contribution in [-0.4, -0.2) is 62.3 Å². The lowest BCUT2D eigenvalue weighted by Crippen LogP contribution is -2.49. The van der Waals surface area contributed by atoms with Gasteiger partial charge in [-0.15, -0.1) is 0 Å². The lowest BCUT2D eigenvalue weighted by Gasteiger charge is -2.37.